The van der Waals surface area contributed by atoms with Crippen LogP contribution in [0.4, 0.5) is 0 Å². The minimum absolute atomic E-state index is 0.0103. The first-order chi connectivity index (χ1) is 10.1. The fourth-order valence-corrected chi connectivity index (χ4v) is 2.85. The van der Waals surface area contributed by atoms with E-state index in [1.165, 1.54) is 6.42 Å². The molecule has 4 nitrogen and oxygen atoms in total. The van der Waals surface area contributed by atoms with Crippen LogP contribution in [0.25, 0.3) is 0 Å². The molecule has 2 unspecified atom stereocenters. The van der Waals surface area contributed by atoms with E-state index in [0.717, 1.165) is 37.1 Å². The van der Waals surface area contributed by atoms with Crippen LogP contribution in [0.3, 0.4) is 0 Å². The van der Waals surface area contributed by atoms with Gasteiger partial charge in [-0.05, 0) is 44.4 Å². The molecule has 0 bridgehead atoms. The van der Waals surface area contributed by atoms with Crippen molar-refractivity contribution in [2.75, 3.05) is 20.7 Å². The van der Waals surface area contributed by atoms with E-state index in [1.807, 2.05) is 30.1 Å². The Kier molecular flexibility index (Phi) is 5.62. The Labute approximate surface area is 127 Å². The highest BCUT2D eigenvalue weighted by Gasteiger charge is 2.26. The second-order valence-corrected chi connectivity index (χ2v) is 5.82. The molecular weight excluding hydrogens is 264 g/mol. The zero-order valence-electron chi connectivity index (χ0n) is 13.3. The second kappa shape index (κ2) is 7.46. The topological polar surface area (TPSA) is 41.6 Å². The summed E-state index contributed by atoms with van der Waals surface area (Å²) in [7, 11) is 3.59. The van der Waals surface area contributed by atoms with Gasteiger partial charge in [-0.3, -0.25) is 4.79 Å². The molecule has 0 spiro atoms. The summed E-state index contributed by atoms with van der Waals surface area (Å²) in [6.07, 6.45) is 4.06. The Morgan fingerprint density at radius 2 is 2.19 bits per heavy atom. The van der Waals surface area contributed by atoms with Gasteiger partial charge in [-0.15, -0.1) is 0 Å². The highest BCUT2D eigenvalue weighted by Crippen LogP contribution is 2.21. The largest absolute Gasteiger partial charge is 0.496 e. The molecule has 0 radical (unpaired) electrons. The summed E-state index contributed by atoms with van der Waals surface area (Å²) in [6, 6.07) is 8.14. The quantitative estimate of drug-likeness (QED) is 0.904. The van der Waals surface area contributed by atoms with Gasteiger partial charge in [-0.25, -0.2) is 0 Å². The number of amides is 1. The van der Waals surface area contributed by atoms with Crippen molar-refractivity contribution in [3.8, 4) is 5.75 Å². The van der Waals surface area contributed by atoms with Crippen molar-refractivity contribution < 1.29 is 9.53 Å². The fraction of sp³-hybridized carbons (Fsp3) is 0.588. The first-order valence-electron chi connectivity index (χ1n) is 7.75. The highest BCUT2D eigenvalue weighted by molar-refractivity contribution is 5.82. The Morgan fingerprint density at radius 1 is 1.43 bits per heavy atom. The molecule has 0 aromatic heterocycles. The number of carbonyl (C=O) groups excluding carboxylic acids is 1. The molecule has 2 atom stereocenters. The third kappa shape index (κ3) is 3.97. The first-order valence-corrected chi connectivity index (χ1v) is 7.75. The molecule has 1 saturated heterocycles. The number of methoxy groups -OCH3 is 1. The summed E-state index contributed by atoms with van der Waals surface area (Å²) in [5, 5.41) is 3.33. The average Bonchev–Trinajstić information content (AvgIpc) is 2.54. The second-order valence-electron chi connectivity index (χ2n) is 5.82. The van der Waals surface area contributed by atoms with Crippen LogP contribution in [0, 0.1) is 0 Å². The molecule has 4 heteroatoms. The number of likely N-dealkylation sites (N-methyl/N-ethyl adjacent to an activating group) is 1. The molecule has 1 aliphatic heterocycles. The molecule has 1 aliphatic rings. The maximum Gasteiger partial charge on any atom is 0.239 e. The number of para-hydroxylation sites is 1. The normalized spacial score (nSPS) is 19.9. The van der Waals surface area contributed by atoms with E-state index < -0.39 is 0 Å². The van der Waals surface area contributed by atoms with Crippen LogP contribution in [0.5, 0.6) is 5.75 Å². The number of ether oxygens (including phenoxy) is 1. The minimum atomic E-state index is -0.0103. The van der Waals surface area contributed by atoms with E-state index in [9.17, 15) is 4.79 Å². The highest BCUT2D eigenvalue weighted by atomic mass is 16.5. The zero-order valence-corrected chi connectivity index (χ0v) is 13.3. The molecule has 0 saturated carbocycles. The van der Waals surface area contributed by atoms with E-state index >= 15 is 0 Å². The summed E-state index contributed by atoms with van der Waals surface area (Å²) >= 11 is 0. The van der Waals surface area contributed by atoms with Gasteiger partial charge in [0.1, 0.15) is 5.75 Å². The number of nitrogens with zero attached hydrogens (tertiary/aromatic N) is 1. The van der Waals surface area contributed by atoms with Crippen LogP contribution in [0.2, 0.25) is 0 Å². The predicted molar refractivity (Wildman–Crippen MR) is 84.6 cm³/mol. The molecule has 21 heavy (non-hydrogen) atoms. The lowest BCUT2D eigenvalue weighted by atomic mass is 10.0. The van der Waals surface area contributed by atoms with Crippen LogP contribution >= 0.6 is 0 Å². The van der Waals surface area contributed by atoms with Gasteiger partial charge in [0.05, 0.1) is 13.2 Å². The van der Waals surface area contributed by atoms with Crippen LogP contribution in [-0.2, 0) is 11.2 Å². The van der Waals surface area contributed by atoms with Crippen molar-refractivity contribution in [2.24, 2.45) is 0 Å². The number of carbonyl (C=O) groups is 1. The number of piperidine rings is 1. The van der Waals surface area contributed by atoms with Crippen LogP contribution in [-0.4, -0.2) is 43.6 Å². The van der Waals surface area contributed by atoms with Gasteiger partial charge >= 0.3 is 0 Å². The zero-order chi connectivity index (χ0) is 15.2. The maximum absolute atomic E-state index is 12.5. The van der Waals surface area contributed by atoms with Gasteiger partial charge in [0.15, 0.2) is 0 Å². The van der Waals surface area contributed by atoms with Gasteiger partial charge in [0.25, 0.3) is 0 Å². The third-order valence-electron chi connectivity index (χ3n) is 4.33. The van der Waals surface area contributed by atoms with E-state index in [4.69, 9.17) is 4.74 Å². The van der Waals surface area contributed by atoms with Crippen LogP contribution in [0.1, 0.15) is 31.7 Å². The molecule has 1 aromatic carbocycles. The third-order valence-corrected chi connectivity index (χ3v) is 4.33. The lowest BCUT2D eigenvalue weighted by Crippen LogP contribution is -2.50. The minimum Gasteiger partial charge on any atom is -0.496 e. The van der Waals surface area contributed by atoms with E-state index in [1.54, 1.807) is 7.11 Å². The van der Waals surface area contributed by atoms with Crippen LogP contribution < -0.4 is 10.1 Å². The van der Waals surface area contributed by atoms with Gasteiger partial charge in [0, 0.05) is 13.1 Å². The molecule has 1 amide bonds. The lowest BCUT2D eigenvalue weighted by Gasteiger charge is -2.31. The van der Waals surface area contributed by atoms with Crippen molar-refractivity contribution >= 4 is 5.91 Å². The van der Waals surface area contributed by atoms with Crippen molar-refractivity contribution in [2.45, 2.75) is 44.7 Å². The summed E-state index contributed by atoms with van der Waals surface area (Å²) in [5.41, 5.74) is 1.14. The molecule has 1 N–H and O–H groups in total. The lowest BCUT2D eigenvalue weighted by molar-refractivity contribution is -0.134. The molecule has 1 heterocycles. The summed E-state index contributed by atoms with van der Waals surface area (Å²) in [6.45, 7) is 3.04. The fourth-order valence-electron chi connectivity index (χ4n) is 2.85. The van der Waals surface area contributed by atoms with Crippen LogP contribution in [0.15, 0.2) is 24.3 Å². The molecule has 1 fully saturated rings. The van der Waals surface area contributed by atoms with Crippen molar-refractivity contribution in [1.29, 1.82) is 0 Å². The van der Waals surface area contributed by atoms with E-state index in [-0.39, 0.29) is 18.0 Å². The van der Waals surface area contributed by atoms with Gasteiger partial charge in [-0.1, -0.05) is 24.6 Å². The monoisotopic (exact) mass is 290 g/mol. The average molecular weight is 290 g/mol. The van der Waals surface area contributed by atoms with E-state index in [2.05, 4.69) is 18.3 Å². The molecular formula is C17H26N2O2. The van der Waals surface area contributed by atoms with Crippen molar-refractivity contribution in [1.82, 2.24) is 10.2 Å². The Balaban J connectivity index is 1.98. The number of hydrogen-bond donors (Lipinski definition) is 1. The van der Waals surface area contributed by atoms with Gasteiger partial charge < -0.3 is 15.0 Å². The molecule has 0 aliphatic carbocycles. The predicted octanol–water partition coefficient (Wildman–Crippen LogP) is 2.23. The molecule has 116 valence electrons. The van der Waals surface area contributed by atoms with Gasteiger partial charge in [0.2, 0.25) is 5.91 Å². The summed E-state index contributed by atoms with van der Waals surface area (Å²) in [4.78, 5) is 14.4. The van der Waals surface area contributed by atoms with Crippen molar-refractivity contribution in [3.05, 3.63) is 29.8 Å². The molecule has 2 rings (SSSR count). The smallest absolute Gasteiger partial charge is 0.239 e. The Morgan fingerprint density at radius 3 is 2.86 bits per heavy atom. The number of hydrogen-bond acceptors (Lipinski definition) is 3. The maximum atomic E-state index is 12.5. The molecule has 1 aromatic rings. The van der Waals surface area contributed by atoms with Gasteiger partial charge in [-0.2, -0.15) is 0 Å². The Hall–Kier alpha value is -1.55. The first kappa shape index (κ1) is 15.8. The number of benzene rings is 1. The standard InChI is InChI=1S/C17H26N2O2/c1-13(12-14-8-4-5-10-16(14)21-3)19(2)17(20)15-9-6-7-11-18-15/h4-5,8,10,13,15,18H,6-7,9,11-12H2,1-3H3. The summed E-state index contributed by atoms with van der Waals surface area (Å²) < 4.78 is 5.39. The summed E-state index contributed by atoms with van der Waals surface area (Å²) in [5.74, 6) is 1.10. The van der Waals surface area contributed by atoms with Crippen molar-refractivity contribution in [3.63, 3.8) is 0 Å². The Bertz CT molecular complexity index is 470. The van der Waals surface area contributed by atoms with E-state index in [0.29, 0.717) is 0 Å². The number of nitrogens with one attached hydrogen (secondary N) is 1. The SMILES string of the molecule is COc1ccccc1CC(C)N(C)C(=O)C1CCCCN1. The number of rotatable bonds is 5.